The van der Waals surface area contributed by atoms with Gasteiger partial charge in [-0.25, -0.2) is 0 Å². The second kappa shape index (κ2) is 5.76. The molecular formula is C18H32O. The van der Waals surface area contributed by atoms with Crippen LogP contribution in [0.3, 0.4) is 0 Å². The fraction of sp³-hybridized carbons (Fsp3) is 1.00. The van der Waals surface area contributed by atoms with E-state index in [0.29, 0.717) is 11.8 Å². The number of unbranched alkanes of at least 4 members (excludes halogenated alkanes) is 5. The topological polar surface area (TPSA) is 20.2 Å². The summed E-state index contributed by atoms with van der Waals surface area (Å²) in [4.78, 5) is 0. The summed E-state index contributed by atoms with van der Waals surface area (Å²) in [7, 11) is 0. The first-order valence-corrected chi connectivity index (χ1v) is 8.94. The average molecular weight is 264 g/mol. The zero-order chi connectivity index (χ0) is 13.3. The van der Waals surface area contributed by atoms with Crippen molar-refractivity contribution in [1.82, 2.24) is 0 Å². The molecule has 0 atom stereocenters. The van der Waals surface area contributed by atoms with E-state index in [1.807, 2.05) is 0 Å². The van der Waals surface area contributed by atoms with Crippen LogP contribution in [0, 0.1) is 23.7 Å². The number of rotatable bonds is 7. The molecule has 110 valence electrons. The summed E-state index contributed by atoms with van der Waals surface area (Å²) in [5.41, 5.74) is -0.252. The molecule has 4 aliphatic carbocycles. The summed E-state index contributed by atoms with van der Waals surface area (Å²) in [5.74, 6) is 3.29. The molecule has 0 aliphatic heterocycles. The third kappa shape index (κ3) is 2.73. The molecule has 0 saturated heterocycles. The Balaban J connectivity index is 1.47. The van der Waals surface area contributed by atoms with E-state index >= 15 is 0 Å². The van der Waals surface area contributed by atoms with Crippen LogP contribution in [0.4, 0.5) is 0 Å². The first-order chi connectivity index (χ1) is 9.22. The van der Waals surface area contributed by atoms with Crippen LogP contribution in [0.1, 0.15) is 84.0 Å². The first kappa shape index (κ1) is 13.9. The Hall–Kier alpha value is -0.0400. The molecule has 0 aromatic carbocycles. The van der Waals surface area contributed by atoms with Crippen molar-refractivity contribution < 1.29 is 5.11 Å². The van der Waals surface area contributed by atoms with Crippen molar-refractivity contribution in [2.24, 2.45) is 23.7 Å². The molecule has 4 rings (SSSR count). The Bertz CT molecular complexity index is 268. The molecule has 0 aromatic rings. The predicted octanol–water partition coefficient (Wildman–Crippen LogP) is 4.92. The molecule has 1 N–H and O–H groups in total. The van der Waals surface area contributed by atoms with Crippen molar-refractivity contribution in [2.45, 2.75) is 89.6 Å². The van der Waals surface area contributed by atoms with Gasteiger partial charge >= 0.3 is 0 Å². The lowest BCUT2D eigenvalue weighted by Crippen LogP contribution is -2.57. The minimum atomic E-state index is -0.252. The summed E-state index contributed by atoms with van der Waals surface area (Å²) < 4.78 is 0. The van der Waals surface area contributed by atoms with Crippen molar-refractivity contribution in [2.75, 3.05) is 0 Å². The maximum Gasteiger partial charge on any atom is 0.0704 e. The van der Waals surface area contributed by atoms with Crippen LogP contribution >= 0.6 is 0 Å². The minimum absolute atomic E-state index is 0.252. The zero-order valence-corrected chi connectivity index (χ0v) is 12.7. The molecule has 4 fully saturated rings. The molecule has 1 nitrogen and oxygen atoms in total. The molecule has 19 heavy (non-hydrogen) atoms. The van der Waals surface area contributed by atoms with E-state index in [-0.39, 0.29) is 5.60 Å². The maximum atomic E-state index is 11.2. The molecule has 4 bridgehead atoms. The number of aliphatic hydroxyl groups is 1. The summed E-state index contributed by atoms with van der Waals surface area (Å²) in [6.45, 7) is 2.28. The van der Waals surface area contributed by atoms with E-state index in [4.69, 9.17) is 0 Å². The maximum absolute atomic E-state index is 11.2. The smallest absolute Gasteiger partial charge is 0.0704 e. The lowest BCUT2D eigenvalue weighted by Gasteiger charge is -2.59. The molecule has 1 heteroatoms. The van der Waals surface area contributed by atoms with E-state index in [9.17, 15) is 5.11 Å². The van der Waals surface area contributed by atoms with Gasteiger partial charge in [0, 0.05) is 0 Å². The highest BCUT2D eigenvalue weighted by molar-refractivity contribution is 5.06. The minimum Gasteiger partial charge on any atom is -0.389 e. The highest BCUT2D eigenvalue weighted by Crippen LogP contribution is 2.59. The van der Waals surface area contributed by atoms with Gasteiger partial charge in [-0.05, 0) is 62.2 Å². The lowest BCUT2D eigenvalue weighted by atomic mass is 9.49. The quantitative estimate of drug-likeness (QED) is 0.647. The standard InChI is InChI=1S/C18H32O/c1-2-3-4-5-6-7-8-18(19)16-10-14-9-15(12-16)13-17(18)11-14/h14-17,19H,2-13H2,1H3. The molecule has 0 amide bonds. The van der Waals surface area contributed by atoms with E-state index in [0.717, 1.165) is 18.3 Å². The number of hydrogen-bond donors (Lipinski definition) is 1. The van der Waals surface area contributed by atoms with Gasteiger partial charge in [-0.15, -0.1) is 0 Å². The zero-order valence-electron chi connectivity index (χ0n) is 12.7. The fourth-order valence-electron chi connectivity index (χ4n) is 5.60. The van der Waals surface area contributed by atoms with Gasteiger partial charge in [0.1, 0.15) is 0 Å². The Morgan fingerprint density at radius 3 is 1.89 bits per heavy atom. The predicted molar refractivity (Wildman–Crippen MR) is 80.0 cm³/mol. The van der Waals surface area contributed by atoms with Crippen LogP contribution in [0.2, 0.25) is 0 Å². The van der Waals surface area contributed by atoms with Gasteiger partial charge < -0.3 is 5.11 Å². The lowest BCUT2D eigenvalue weighted by molar-refractivity contribution is -0.176. The molecule has 0 aromatic heterocycles. The van der Waals surface area contributed by atoms with Crippen LogP contribution < -0.4 is 0 Å². The van der Waals surface area contributed by atoms with E-state index < -0.39 is 0 Å². The molecule has 0 radical (unpaired) electrons. The third-order valence-electron chi connectivity index (χ3n) is 6.48. The Labute approximate surface area is 119 Å². The molecule has 4 aliphatic rings. The van der Waals surface area contributed by atoms with Gasteiger partial charge in [-0.2, -0.15) is 0 Å². The average Bonchev–Trinajstić information content (AvgIpc) is 2.39. The highest BCUT2D eigenvalue weighted by Gasteiger charge is 2.55. The number of hydrogen-bond acceptors (Lipinski definition) is 1. The van der Waals surface area contributed by atoms with Crippen molar-refractivity contribution in [1.29, 1.82) is 0 Å². The van der Waals surface area contributed by atoms with Crippen LogP contribution in [0.25, 0.3) is 0 Å². The van der Waals surface area contributed by atoms with Crippen molar-refractivity contribution in [3.8, 4) is 0 Å². The van der Waals surface area contributed by atoms with Crippen molar-refractivity contribution in [3.05, 3.63) is 0 Å². The SMILES string of the molecule is CCCCCCCCC1(O)C2CC3CC(C2)CC1C3. The Kier molecular flexibility index (Phi) is 4.22. The van der Waals surface area contributed by atoms with Crippen LogP contribution in [-0.2, 0) is 0 Å². The Morgan fingerprint density at radius 1 is 0.789 bits per heavy atom. The van der Waals surface area contributed by atoms with E-state index in [1.165, 1.54) is 70.6 Å². The van der Waals surface area contributed by atoms with Crippen LogP contribution in [0.5, 0.6) is 0 Å². The van der Waals surface area contributed by atoms with E-state index in [2.05, 4.69) is 6.92 Å². The second-order valence-electron chi connectivity index (χ2n) is 7.81. The van der Waals surface area contributed by atoms with Gasteiger partial charge in [0.15, 0.2) is 0 Å². The molecule has 0 unspecified atom stereocenters. The van der Waals surface area contributed by atoms with Crippen LogP contribution in [-0.4, -0.2) is 10.7 Å². The largest absolute Gasteiger partial charge is 0.389 e. The summed E-state index contributed by atoms with van der Waals surface area (Å²) in [6.07, 6.45) is 16.1. The molecular weight excluding hydrogens is 232 g/mol. The van der Waals surface area contributed by atoms with Gasteiger partial charge in [0.2, 0.25) is 0 Å². The van der Waals surface area contributed by atoms with Gasteiger partial charge in [0.25, 0.3) is 0 Å². The molecule has 0 spiro atoms. The van der Waals surface area contributed by atoms with Gasteiger partial charge in [0.05, 0.1) is 5.60 Å². The molecule has 0 heterocycles. The normalized spacial score (nSPS) is 43.9. The fourth-order valence-corrected chi connectivity index (χ4v) is 5.60. The summed E-state index contributed by atoms with van der Waals surface area (Å²) in [6, 6.07) is 0. The summed E-state index contributed by atoms with van der Waals surface area (Å²) >= 11 is 0. The monoisotopic (exact) mass is 264 g/mol. The van der Waals surface area contributed by atoms with Crippen LogP contribution in [0.15, 0.2) is 0 Å². The molecule has 4 saturated carbocycles. The Morgan fingerprint density at radius 2 is 1.32 bits per heavy atom. The summed E-state index contributed by atoms with van der Waals surface area (Å²) in [5, 5.41) is 11.2. The second-order valence-corrected chi connectivity index (χ2v) is 7.81. The third-order valence-corrected chi connectivity index (χ3v) is 6.48. The van der Waals surface area contributed by atoms with Crippen molar-refractivity contribution in [3.63, 3.8) is 0 Å². The highest BCUT2D eigenvalue weighted by atomic mass is 16.3. The van der Waals surface area contributed by atoms with Crippen molar-refractivity contribution >= 4 is 0 Å². The first-order valence-electron chi connectivity index (χ1n) is 8.94. The van der Waals surface area contributed by atoms with Gasteiger partial charge in [-0.3, -0.25) is 0 Å². The van der Waals surface area contributed by atoms with Gasteiger partial charge in [-0.1, -0.05) is 45.4 Å². The van der Waals surface area contributed by atoms with E-state index in [1.54, 1.807) is 0 Å².